The predicted molar refractivity (Wildman–Crippen MR) is 60.9 cm³/mol. The molecule has 4 N–H and O–H groups in total. The molecule has 1 unspecified atom stereocenters. The molecule has 0 saturated carbocycles. The molecule has 0 aromatic carbocycles. The van der Waals surface area contributed by atoms with Crippen molar-refractivity contribution in [2.75, 3.05) is 26.2 Å². The minimum absolute atomic E-state index is 0.00370. The normalized spacial score (nSPS) is 21.4. The van der Waals surface area contributed by atoms with Crippen molar-refractivity contribution in [1.29, 1.82) is 0 Å². The highest BCUT2D eigenvalue weighted by molar-refractivity contribution is 5.82. The van der Waals surface area contributed by atoms with Gasteiger partial charge in [0.25, 0.3) is 0 Å². The van der Waals surface area contributed by atoms with E-state index in [0.717, 1.165) is 32.4 Å². The van der Waals surface area contributed by atoms with E-state index in [9.17, 15) is 9.90 Å². The molecule has 1 amide bonds. The lowest BCUT2D eigenvalue weighted by Gasteiger charge is -2.35. The highest BCUT2D eigenvalue weighted by atomic mass is 16.3. The number of aliphatic hydroxyl groups excluding tert-OH is 2. The van der Waals surface area contributed by atoms with Gasteiger partial charge in [0.2, 0.25) is 5.91 Å². The van der Waals surface area contributed by atoms with Crippen molar-refractivity contribution >= 4 is 5.91 Å². The Bertz CT molecular complexity index is 227. The fourth-order valence-electron chi connectivity index (χ4n) is 2.11. The van der Waals surface area contributed by atoms with Crippen molar-refractivity contribution in [3.8, 4) is 0 Å². The van der Waals surface area contributed by atoms with E-state index in [1.54, 1.807) is 0 Å². The third-order valence-electron chi connectivity index (χ3n) is 3.43. The number of carbonyl (C=O) groups is 1. The zero-order chi connectivity index (χ0) is 12.0. The summed E-state index contributed by atoms with van der Waals surface area (Å²) in [6.45, 7) is 3.56. The van der Waals surface area contributed by atoms with Gasteiger partial charge in [0.05, 0.1) is 18.1 Å². The van der Waals surface area contributed by atoms with Crippen LogP contribution in [-0.4, -0.2) is 48.5 Å². The van der Waals surface area contributed by atoms with Gasteiger partial charge >= 0.3 is 0 Å². The fourth-order valence-corrected chi connectivity index (χ4v) is 2.11. The zero-order valence-electron chi connectivity index (χ0n) is 9.83. The molecule has 1 heterocycles. The molecule has 0 spiro atoms. The SMILES string of the molecule is CCC1(C(=O)NCC(O)CO)CCNCC1. The highest BCUT2D eigenvalue weighted by Gasteiger charge is 2.37. The summed E-state index contributed by atoms with van der Waals surface area (Å²) >= 11 is 0. The second kappa shape index (κ2) is 6.18. The molecule has 5 heteroatoms. The van der Waals surface area contributed by atoms with E-state index in [1.807, 2.05) is 6.92 Å². The Kier molecular flexibility index (Phi) is 5.18. The number of amides is 1. The maximum atomic E-state index is 12.0. The van der Waals surface area contributed by atoms with Gasteiger partial charge in [-0.25, -0.2) is 0 Å². The molecule has 0 aromatic heterocycles. The number of rotatable bonds is 5. The van der Waals surface area contributed by atoms with Gasteiger partial charge in [-0.2, -0.15) is 0 Å². The summed E-state index contributed by atoms with van der Waals surface area (Å²) in [7, 11) is 0. The highest BCUT2D eigenvalue weighted by Crippen LogP contribution is 2.32. The maximum Gasteiger partial charge on any atom is 0.226 e. The van der Waals surface area contributed by atoms with E-state index in [1.165, 1.54) is 0 Å². The van der Waals surface area contributed by atoms with Crippen molar-refractivity contribution in [2.24, 2.45) is 5.41 Å². The van der Waals surface area contributed by atoms with Crippen LogP contribution in [0.2, 0.25) is 0 Å². The van der Waals surface area contributed by atoms with Crippen molar-refractivity contribution < 1.29 is 15.0 Å². The number of nitrogens with one attached hydrogen (secondary N) is 2. The van der Waals surface area contributed by atoms with Crippen molar-refractivity contribution in [3.05, 3.63) is 0 Å². The summed E-state index contributed by atoms with van der Waals surface area (Å²) in [5, 5.41) is 23.8. The topological polar surface area (TPSA) is 81.6 Å². The smallest absolute Gasteiger partial charge is 0.226 e. The van der Waals surface area contributed by atoms with Crippen LogP contribution in [0.25, 0.3) is 0 Å². The molecule has 1 rings (SSSR count). The molecule has 0 bridgehead atoms. The van der Waals surface area contributed by atoms with Gasteiger partial charge in [0, 0.05) is 6.54 Å². The third-order valence-corrected chi connectivity index (χ3v) is 3.43. The molecule has 0 aromatic rings. The molecule has 0 radical (unpaired) electrons. The lowest BCUT2D eigenvalue weighted by molar-refractivity contribution is -0.133. The maximum absolute atomic E-state index is 12.0. The largest absolute Gasteiger partial charge is 0.394 e. The Labute approximate surface area is 96.2 Å². The molecular formula is C11H22N2O3. The van der Waals surface area contributed by atoms with E-state index in [2.05, 4.69) is 10.6 Å². The van der Waals surface area contributed by atoms with Crippen molar-refractivity contribution in [2.45, 2.75) is 32.3 Å². The molecule has 1 aliphatic heterocycles. The zero-order valence-corrected chi connectivity index (χ0v) is 9.83. The second-order valence-corrected chi connectivity index (χ2v) is 4.43. The lowest BCUT2D eigenvalue weighted by atomic mass is 9.76. The molecule has 94 valence electrons. The molecule has 1 saturated heterocycles. The standard InChI is InChI=1S/C11H22N2O3/c1-2-11(3-5-12-6-4-11)10(16)13-7-9(15)8-14/h9,12,14-15H,2-8H2,1H3,(H,13,16). The van der Waals surface area contributed by atoms with E-state index in [4.69, 9.17) is 5.11 Å². The van der Waals surface area contributed by atoms with Crippen LogP contribution in [-0.2, 0) is 4.79 Å². The summed E-state index contributed by atoms with van der Waals surface area (Å²) in [6.07, 6.45) is 1.63. The Balaban J connectivity index is 2.48. The first-order valence-electron chi connectivity index (χ1n) is 5.92. The first-order chi connectivity index (χ1) is 7.64. The molecule has 1 atom stereocenters. The van der Waals surface area contributed by atoms with E-state index in [-0.39, 0.29) is 24.5 Å². The van der Waals surface area contributed by atoms with Gasteiger partial charge in [0.1, 0.15) is 0 Å². The predicted octanol–water partition coefficient (Wildman–Crippen LogP) is -0.764. The van der Waals surface area contributed by atoms with Gasteiger partial charge in [-0.1, -0.05) is 6.92 Å². The quantitative estimate of drug-likeness (QED) is 0.500. The van der Waals surface area contributed by atoms with Gasteiger partial charge in [-0.3, -0.25) is 4.79 Å². The minimum Gasteiger partial charge on any atom is -0.394 e. The van der Waals surface area contributed by atoms with E-state index < -0.39 is 6.10 Å². The number of piperidine rings is 1. The van der Waals surface area contributed by atoms with Gasteiger partial charge in [-0.15, -0.1) is 0 Å². The molecule has 5 nitrogen and oxygen atoms in total. The average Bonchev–Trinajstić information content (AvgIpc) is 2.36. The van der Waals surface area contributed by atoms with Crippen LogP contribution in [0.1, 0.15) is 26.2 Å². The van der Waals surface area contributed by atoms with Crippen molar-refractivity contribution in [1.82, 2.24) is 10.6 Å². The van der Waals surface area contributed by atoms with Crippen LogP contribution < -0.4 is 10.6 Å². The Morgan fingerprint density at radius 2 is 2.12 bits per heavy atom. The van der Waals surface area contributed by atoms with Crippen LogP contribution in [0.5, 0.6) is 0 Å². The summed E-state index contributed by atoms with van der Waals surface area (Å²) in [5.41, 5.74) is -0.291. The first-order valence-corrected chi connectivity index (χ1v) is 5.92. The Hall–Kier alpha value is -0.650. The number of hydrogen-bond donors (Lipinski definition) is 4. The lowest BCUT2D eigenvalue weighted by Crippen LogP contribution is -2.49. The summed E-state index contributed by atoms with van der Waals surface area (Å²) < 4.78 is 0. The fraction of sp³-hybridized carbons (Fsp3) is 0.909. The monoisotopic (exact) mass is 230 g/mol. The second-order valence-electron chi connectivity index (χ2n) is 4.43. The first kappa shape index (κ1) is 13.4. The average molecular weight is 230 g/mol. The molecule has 16 heavy (non-hydrogen) atoms. The van der Waals surface area contributed by atoms with Gasteiger partial charge in [0.15, 0.2) is 0 Å². The van der Waals surface area contributed by atoms with Crippen LogP contribution in [0.15, 0.2) is 0 Å². The van der Waals surface area contributed by atoms with Crippen molar-refractivity contribution in [3.63, 3.8) is 0 Å². The van der Waals surface area contributed by atoms with Crippen LogP contribution in [0.3, 0.4) is 0 Å². The van der Waals surface area contributed by atoms with Crippen LogP contribution >= 0.6 is 0 Å². The summed E-state index contributed by atoms with van der Waals surface area (Å²) in [4.78, 5) is 12.0. The number of hydrogen-bond acceptors (Lipinski definition) is 4. The number of carbonyl (C=O) groups excluding carboxylic acids is 1. The van der Waals surface area contributed by atoms with E-state index in [0.29, 0.717) is 0 Å². The van der Waals surface area contributed by atoms with Crippen LogP contribution in [0, 0.1) is 5.41 Å². The molecular weight excluding hydrogens is 208 g/mol. The minimum atomic E-state index is -0.862. The van der Waals surface area contributed by atoms with Gasteiger partial charge < -0.3 is 20.8 Å². The van der Waals surface area contributed by atoms with E-state index >= 15 is 0 Å². The molecule has 0 aliphatic carbocycles. The Morgan fingerprint density at radius 1 is 1.50 bits per heavy atom. The third kappa shape index (κ3) is 3.17. The van der Waals surface area contributed by atoms with Crippen LogP contribution in [0.4, 0.5) is 0 Å². The Morgan fingerprint density at radius 3 is 2.62 bits per heavy atom. The number of aliphatic hydroxyl groups is 2. The summed E-state index contributed by atoms with van der Waals surface area (Å²) in [5.74, 6) is 0.00370. The van der Waals surface area contributed by atoms with Gasteiger partial charge in [-0.05, 0) is 32.4 Å². The molecule has 1 aliphatic rings. The summed E-state index contributed by atoms with van der Waals surface area (Å²) in [6, 6.07) is 0. The molecule has 1 fully saturated rings.